The maximum Gasteiger partial charge on any atom is 0.329 e. The summed E-state index contributed by atoms with van der Waals surface area (Å²) in [6, 6.07) is 0. The van der Waals surface area contributed by atoms with E-state index in [4.69, 9.17) is 16.3 Å². The molecule has 0 aliphatic heterocycles. The van der Waals surface area contributed by atoms with Crippen molar-refractivity contribution in [2.75, 3.05) is 25.3 Å². The average molecular weight is 349 g/mol. The number of ether oxygens (including phenoxy) is 1. The van der Waals surface area contributed by atoms with Gasteiger partial charge in [0.1, 0.15) is 0 Å². The Bertz CT molecular complexity index is 769. The monoisotopic (exact) mass is 348 g/mol. The SMILES string of the molecule is COCCn1c(SC[C@H](O)CCl)nc2c1c(=O)[nH]c(=O)n2C. The summed E-state index contributed by atoms with van der Waals surface area (Å²) in [5, 5.41) is 10.1. The van der Waals surface area contributed by atoms with Gasteiger partial charge in [0, 0.05) is 32.3 Å². The second kappa shape index (κ2) is 7.32. The van der Waals surface area contributed by atoms with E-state index in [9.17, 15) is 14.7 Å². The Morgan fingerprint density at radius 1 is 1.50 bits per heavy atom. The highest BCUT2D eigenvalue weighted by atomic mass is 35.5. The van der Waals surface area contributed by atoms with Gasteiger partial charge in [-0.2, -0.15) is 0 Å². The smallest absolute Gasteiger partial charge is 0.329 e. The molecule has 2 aromatic rings. The minimum absolute atomic E-state index is 0.115. The third-order valence-corrected chi connectivity index (χ3v) is 4.55. The maximum absolute atomic E-state index is 12.1. The Morgan fingerprint density at radius 2 is 2.23 bits per heavy atom. The van der Waals surface area contributed by atoms with Crippen molar-refractivity contribution in [1.29, 1.82) is 0 Å². The molecule has 2 aromatic heterocycles. The number of hydrogen-bond acceptors (Lipinski definition) is 6. The van der Waals surface area contributed by atoms with Gasteiger partial charge in [-0.25, -0.2) is 9.78 Å². The van der Waals surface area contributed by atoms with Gasteiger partial charge in [-0.05, 0) is 0 Å². The molecule has 0 fully saturated rings. The highest BCUT2D eigenvalue weighted by Gasteiger charge is 2.18. The second-order valence-corrected chi connectivity index (χ2v) is 5.94. The quantitative estimate of drug-likeness (QED) is 0.529. The fourth-order valence-corrected chi connectivity index (χ4v) is 3.12. The first-order valence-electron chi connectivity index (χ1n) is 6.55. The first-order valence-corrected chi connectivity index (χ1v) is 8.07. The predicted molar refractivity (Wildman–Crippen MR) is 84.9 cm³/mol. The minimum atomic E-state index is -0.676. The van der Waals surface area contributed by atoms with Crippen molar-refractivity contribution in [3.05, 3.63) is 20.8 Å². The first kappa shape index (κ1) is 17.1. The lowest BCUT2D eigenvalue weighted by molar-refractivity contribution is 0.186. The van der Waals surface area contributed by atoms with E-state index in [0.717, 1.165) is 0 Å². The maximum atomic E-state index is 12.1. The molecule has 122 valence electrons. The van der Waals surface area contributed by atoms with E-state index in [1.165, 1.54) is 23.4 Å². The topological polar surface area (TPSA) is 102 Å². The van der Waals surface area contributed by atoms with Crippen LogP contribution in [0, 0.1) is 0 Å². The van der Waals surface area contributed by atoms with Crippen LogP contribution in [0.2, 0.25) is 0 Å². The van der Waals surface area contributed by atoms with Crippen LogP contribution in [0.1, 0.15) is 0 Å². The number of aliphatic hydroxyl groups excluding tert-OH is 1. The standard InChI is InChI=1S/C12H17ClN4O4S/c1-16-9-8(10(19)15-11(16)20)17(3-4-21-2)12(14-9)22-6-7(18)5-13/h7,18H,3-6H2,1-2H3,(H,15,19,20)/t7-/m1/s1. The molecule has 0 saturated heterocycles. The number of aromatic amines is 1. The molecule has 2 heterocycles. The van der Waals surface area contributed by atoms with E-state index in [1.807, 2.05) is 0 Å². The van der Waals surface area contributed by atoms with Crippen molar-refractivity contribution < 1.29 is 9.84 Å². The average Bonchev–Trinajstić information content (AvgIpc) is 2.87. The van der Waals surface area contributed by atoms with Crippen LogP contribution in [0.3, 0.4) is 0 Å². The summed E-state index contributed by atoms with van der Waals surface area (Å²) in [5.74, 6) is 0.454. The summed E-state index contributed by atoms with van der Waals surface area (Å²) >= 11 is 6.85. The number of aliphatic hydroxyl groups is 1. The van der Waals surface area contributed by atoms with Crippen LogP contribution >= 0.6 is 23.4 Å². The van der Waals surface area contributed by atoms with E-state index < -0.39 is 17.4 Å². The molecule has 0 amide bonds. The number of nitrogens with one attached hydrogen (secondary N) is 1. The second-order valence-electron chi connectivity index (χ2n) is 4.65. The molecule has 0 aromatic carbocycles. The lowest BCUT2D eigenvalue weighted by Gasteiger charge is -2.09. The van der Waals surface area contributed by atoms with Crippen molar-refractivity contribution in [3.63, 3.8) is 0 Å². The number of hydrogen-bond donors (Lipinski definition) is 2. The Hall–Kier alpha value is -1.29. The number of halogens is 1. The van der Waals surface area contributed by atoms with Crippen molar-refractivity contribution in [3.8, 4) is 0 Å². The molecule has 8 nitrogen and oxygen atoms in total. The molecule has 0 spiro atoms. The largest absolute Gasteiger partial charge is 0.391 e. The van der Waals surface area contributed by atoms with Crippen LogP contribution in [0.5, 0.6) is 0 Å². The highest BCUT2D eigenvalue weighted by molar-refractivity contribution is 7.99. The number of rotatable bonds is 7. The molecule has 2 rings (SSSR count). The van der Waals surface area contributed by atoms with Crippen LogP contribution in [0.25, 0.3) is 11.2 Å². The van der Waals surface area contributed by atoms with Crippen molar-refractivity contribution in [2.24, 2.45) is 7.05 Å². The van der Waals surface area contributed by atoms with Gasteiger partial charge in [-0.15, -0.1) is 11.6 Å². The molecule has 2 N–H and O–H groups in total. The number of aryl methyl sites for hydroxylation is 1. The fraction of sp³-hybridized carbons (Fsp3) is 0.583. The summed E-state index contributed by atoms with van der Waals surface area (Å²) in [7, 11) is 3.10. The fourth-order valence-electron chi connectivity index (χ4n) is 1.93. The van der Waals surface area contributed by atoms with E-state index in [2.05, 4.69) is 9.97 Å². The number of methoxy groups -OCH3 is 1. The first-order chi connectivity index (χ1) is 10.5. The van der Waals surface area contributed by atoms with Gasteiger partial charge in [0.05, 0.1) is 12.7 Å². The van der Waals surface area contributed by atoms with Gasteiger partial charge in [0.2, 0.25) is 0 Å². The van der Waals surface area contributed by atoms with Crippen LogP contribution in [0.15, 0.2) is 14.7 Å². The molecule has 1 atom stereocenters. The zero-order valence-electron chi connectivity index (χ0n) is 12.2. The number of imidazole rings is 1. The van der Waals surface area contributed by atoms with Gasteiger partial charge >= 0.3 is 5.69 Å². The lowest BCUT2D eigenvalue weighted by Crippen LogP contribution is -2.29. The number of fused-ring (bicyclic) bond motifs is 1. The lowest BCUT2D eigenvalue weighted by atomic mass is 10.5. The molecular weight excluding hydrogens is 332 g/mol. The summed E-state index contributed by atoms with van der Waals surface area (Å²) in [6.45, 7) is 0.799. The summed E-state index contributed by atoms with van der Waals surface area (Å²) in [4.78, 5) is 30.4. The Labute approximate surface area is 135 Å². The number of H-pyrrole nitrogens is 1. The van der Waals surface area contributed by atoms with E-state index in [1.54, 1.807) is 11.7 Å². The Kier molecular flexibility index (Phi) is 5.68. The molecule has 22 heavy (non-hydrogen) atoms. The number of aromatic nitrogens is 4. The Balaban J connectivity index is 2.54. The minimum Gasteiger partial charge on any atom is -0.391 e. The molecule has 0 unspecified atom stereocenters. The van der Waals surface area contributed by atoms with Gasteiger partial charge in [0.25, 0.3) is 5.56 Å². The normalized spacial score (nSPS) is 12.9. The Morgan fingerprint density at radius 3 is 2.86 bits per heavy atom. The highest BCUT2D eigenvalue weighted by Crippen LogP contribution is 2.22. The van der Waals surface area contributed by atoms with Crippen molar-refractivity contribution in [1.82, 2.24) is 19.1 Å². The summed E-state index contributed by atoms with van der Waals surface area (Å²) in [5.41, 5.74) is -0.410. The van der Waals surface area contributed by atoms with E-state index >= 15 is 0 Å². The number of nitrogens with zero attached hydrogens (tertiary/aromatic N) is 3. The van der Waals surface area contributed by atoms with Crippen LogP contribution in [0.4, 0.5) is 0 Å². The summed E-state index contributed by atoms with van der Waals surface area (Å²) < 4.78 is 8.01. The zero-order chi connectivity index (χ0) is 16.3. The van der Waals surface area contributed by atoms with Gasteiger partial charge < -0.3 is 14.4 Å². The van der Waals surface area contributed by atoms with Crippen molar-refractivity contribution in [2.45, 2.75) is 17.8 Å². The third kappa shape index (κ3) is 3.37. The van der Waals surface area contributed by atoms with Gasteiger partial charge in [-0.1, -0.05) is 11.8 Å². The van der Waals surface area contributed by atoms with E-state index in [0.29, 0.717) is 35.2 Å². The molecule has 0 saturated carbocycles. The molecule has 0 radical (unpaired) electrons. The van der Waals surface area contributed by atoms with Crippen LogP contribution < -0.4 is 11.2 Å². The molecule has 0 bridgehead atoms. The molecule has 0 aliphatic rings. The van der Waals surface area contributed by atoms with Crippen molar-refractivity contribution >= 4 is 34.5 Å². The zero-order valence-corrected chi connectivity index (χ0v) is 13.8. The molecule has 10 heteroatoms. The molecular formula is C12H17ClN4O4S. The van der Waals surface area contributed by atoms with Gasteiger partial charge in [0.15, 0.2) is 16.3 Å². The van der Waals surface area contributed by atoms with Gasteiger partial charge in [-0.3, -0.25) is 14.3 Å². The summed E-state index contributed by atoms with van der Waals surface area (Å²) in [6.07, 6.45) is -0.676. The van der Waals surface area contributed by atoms with Crippen LogP contribution in [-0.2, 0) is 18.3 Å². The number of alkyl halides is 1. The third-order valence-electron chi connectivity index (χ3n) is 3.07. The number of thioether (sulfide) groups is 1. The van der Waals surface area contributed by atoms with E-state index in [-0.39, 0.29) is 5.88 Å². The van der Waals surface area contributed by atoms with Crippen LogP contribution in [-0.4, -0.2) is 55.7 Å². The predicted octanol–water partition coefficient (Wildman–Crippen LogP) is -0.238. The molecule has 0 aliphatic carbocycles.